The van der Waals surface area contributed by atoms with Crippen LogP contribution in [0.5, 0.6) is 11.5 Å². The van der Waals surface area contributed by atoms with Crippen LogP contribution in [0.25, 0.3) is 11.3 Å². The highest BCUT2D eigenvalue weighted by atomic mass is 35.5. The van der Waals surface area contributed by atoms with Gasteiger partial charge in [-0.3, -0.25) is 4.79 Å². The summed E-state index contributed by atoms with van der Waals surface area (Å²) in [6.45, 7) is 2.47. The Morgan fingerprint density at radius 1 is 1.40 bits per heavy atom. The normalized spacial score (nSPS) is 17.1. The quantitative estimate of drug-likeness (QED) is 0.628. The lowest BCUT2D eigenvalue weighted by molar-refractivity contribution is 0.0693. The van der Waals surface area contributed by atoms with Gasteiger partial charge < -0.3 is 19.1 Å². The number of hydrogen-bond donors (Lipinski definition) is 1. The van der Waals surface area contributed by atoms with Crippen LogP contribution in [0.4, 0.5) is 0 Å². The van der Waals surface area contributed by atoms with Crippen LogP contribution in [0.3, 0.4) is 0 Å². The lowest BCUT2D eigenvalue weighted by Crippen LogP contribution is -2.27. The number of pyridine rings is 1. The number of carboxylic acid groups (broad SMARTS) is 1. The van der Waals surface area contributed by atoms with Gasteiger partial charge in [0.25, 0.3) is 0 Å². The smallest absolute Gasteiger partial charge is 0.341 e. The topological polar surface area (TPSA) is 90.6 Å². The van der Waals surface area contributed by atoms with E-state index in [4.69, 9.17) is 21.1 Å². The van der Waals surface area contributed by atoms with E-state index < -0.39 is 17.6 Å². The molecule has 1 atom stereocenters. The molecule has 1 aromatic carbocycles. The molecular weight excluding hydrogens is 428 g/mol. The molecule has 0 saturated heterocycles. The van der Waals surface area contributed by atoms with Gasteiger partial charge in [-0.2, -0.15) is 0 Å². The molecule has 3 heterocycles. The first kappa shape index (κ1) is 19.1. The van der Waals surface area contributed by atoms with Gasteiger partial charge in [0.05, 0.1) is 17.3 Å². The average Bonchev–Trinajstić information content (AvgIpc) is 3.44. The van der Waals surface area contributed by atoms with Crippen LogP contribution in [-0.2, 0) is 0 Å². The van der Waals surface area contributed by atoms with E-state index in [9.17, 15) is 14.7 Å². The van der Waals surface area contributed by atoms with Gasteiger partial charge in [0.1, 0.15) is 17.1 Å². The second kappa shape index (κ2) is 7.14. The number of ether oxygens (including phenoxy) is 2. The summed E-state index contributed by atoms with van der Waals surface area (Å²) in [5, 5.41) is 12.4. The van der Waals surface area contributed by atoms with Crippen LogP contribution in [0, 0.1) is 12.8 Å². The number of aromatic nitrogens is 2. The maximum absolute atomic E-state index is 12.4. The van der Waals surface area contributed by atoms with Gasteiger partial charge in [-0.05, 0) is 31.7 Å². The molecular formula is C21H17ClN2O5S. The largest absolute Gasteiger partial charge is 0.492 e. The van der Waals surface area contributed by atoms with Crippen molar-refractivity contribution in [2.75, 3.05) is 6.61 Å². The molecule has 0 spiro atoms. The molecule has 7 nitrogen and oxygen atoms in total. The molecule has 1 aliphatic carbocycles. The average molecular weight is 445 g/mol. The van der Waals surface area contributed by atoms with E-state index in [0.717, 1.165) is 18.5 Å². The Kier molecular flexibility index (Phi) is 4.56. The first-order chi connectivity index (χ1) is 14.4. The van der Waals surface area contributed by atoms with Crippen molar-refractivity contribution in [3.8, 4) is 22.8 Å². The lowest BCUT2D eigenvalue weighted by Gasteiger charge is -2.30. The number of carbonyl (C=O) groups is 1. The van der Waals surface area contributed by atoms with Crippen molar-refractivity contribution >= 4 is 28.9 Å². The van der Waals surface area contributed by atoms with Crippen LogP contribution in [0.1, 0.15) is 40.1 Å². The number of hydrogen-bond acceptors (Lipinski definition) is 6. The molecule has 1 aliphatic heterocycles. The number of rotatable bonds is 5. The highest BCUT2D eigenvalue weighted by Crippen LogP contribution is 2.45. The first-order valence-corrected chi connectivity index (χ1v) is 10.7. The minimum Gasteiger partial charge on any atom is -0.492 e. The number of halogens is 1. The molecule has 5 rings (SSSR count). The Labute approximate surface area is 180 Å². The van der Waals surface area contributed by atoms with Gasteiger partial charge in [0, 0.05) is 35.0 Å². The van der Waals surface area contributed by atoms with Gasteiger partial charge in [-0.25, -0.2) is 9.78 Å². The molecule has 3 aromatic rings. The number of aromatic carboxylic acids is 1. The van der Waals surface area contributed by atoms with Crippen LogP contribution in [0.15, 0.2) is 34.6 Å². The second-order valence-corrected chi connectivity index (χ2v) is 8.78. The van der Waals surface area contributed by atoms with E-state index in [2.05, 4.69) is 4.98 Å². The highest BCUT2D eigenvalue weighted by molar-refractivity contribution is 7.09. The van der Waals surface area contributed by atoms with Crippen LogP contribution in [-0.4, -0.2) is 27.2 Å². The van der Waals surface area contributed by atoms with Crippen LogP contribution >= 0.6 is 22.9 Å². The van der Waals surface area contributed by atoms with E-state index in [-0.39, 0.29) is 5.56 Å². The number of benzene rings is 1. The predicted octanol–water partition coefficient (Wildman–Crippen LogP) is 4.36. The number of thiazole rings is 1. The Balaban J connectivity index is 1.66. The van der Waals surface area contributed by atoms with E-state index >= 15 is 0 Å². The second-order valence-electron chi connectivity index (χ2n) is 7.48. The molecule has 0 bridgehead atoms. The summed E-state index contributed by atoms with van der Waals surface area (Å²) in [5.41, 5.74) is 1.02. The van der Waals surface area contributed by atoms with Crippen LogP contribution in [0.2, 0.25) is 5.02 Å². The monoisotopic (exact) mass is 444 g/mol. The third-order valence-corrected chi connectivity index (χ3v) is 6.42. The fourth-order valence-electron chi connectivity index (χ4n) is 3.39. The lowest BCUT2D eigenvalue weighted by atomic mass is 10.1. The molecule has 1 unspecified atom stereocenters. The molecule has 9 heteroatoms. The van der Waals surface area contributed by atoms with E-state index in [1.807, 2.05) is 12.3 Å². The van der Waals surface area contributed by atoms with Crippen molar-refractivity contribution in [3.63, 3.8) is 0 Å². The summed E-state index contributed by atoms with van der Waals surface area (Å²) < 4.78 is 13.7. The highest BCUT2D eigenvalue weighted by Gasteiger charge is 2.31. The Morgan fingerprint density at radius 3 is 2.87 bits per heavy atom. The van der Waals surface area contributed by atoms with Gasteiger partial charge in [0.15, 0.2) is 10.4 Å². The number of aryl methyl sites for hydroxylation is 1. The summed E-state index contributed by atoms with van der Waals surface area (Å²) in [4.78, 5) is 28.4. The Hall–Kier alpha value is -2.84. The molecule has 1 fully saturated rings. The minimum absolute atomic E-state index is 0.334. The zero-order chi connectivity index (χ0) is 21.0. The van der Waals surface area contributed by atoms with Crippen molar-refractivity contribution in [1.29, 1.82) is 0 Å². The molecule has 2 aliphatic rings. The van der Waals surface area contributed by atoms with Gasteiger partial charge >= 0.3 is 5.97 Å². The standard InChI is InChI=1S/C21H17ClN2O5S/c1-10-9-30-19(23-10)20-24-7-13(21(26)27)16(25)5-15(24)12-4-14(22)18(6-17(12)29-20)28-8-11-2-3-11/h4-7,9,11,20H,2-3,8H2,1H3,(H,26,27). The molecule has 2 aromatic heterocycles. The summed E-state index contributed by atoms with van der Waals surface area (Å²) in [6, 6.07) is 4.72. The van der Waals surface area contributed by atoms with Crippen molar-refractivity contribution in [2.45, 2.75) is 26.0 Å². The number of fused-ring (bicyclic) bond motifs is 3. The predicted molar refractivity (Wildman–Crippen MR) is 112 cm³/mol. The Bertz CT molecular complexity index is 1230. The van der Waals surface area contributed by atoms with Gasteiger partial charge in [0.2, 0.25) is 6.23 Å². The zero-order valence-electron chi connectivity index (χ0n) is 15.9. The van der Waals surface area contributed by atoms with E-state index in [1.54, 1.807) is 16.7 Å². The fourth-order valence-corrected chi connectivity index (χ4v) is 4.42. The van der Waals surface area contributed by atoms with E-state index in [1.165, 1.54) is 23.6 Å². The van der Waals surface area contributed by atoms with Gasteiger partial charge in [-0.1, -0.05) is 11.6 Å². The first-order valence-electron chi connectivity index (χ1n) is 9.45. The van der Waals surface area contributed by atoms with Crippen molar-refractivity contribution in [3.05, 3.63) is 61.3 Å². The molecule has 0 radical (unpaired) electrons. The molecule has 30 heavy (non-hydrogen) atoms. The fraction of sp³-hybridized carbons (Fsp3) is 0.286. The van der Waals surface area contributed by atoms with Gasteiger partial charge in [-0.15, -0.1) is 11.3 Å². The third-order valence-electron chi connectivity index (χ3n) is 5.13. The maximum atomic E-state index is 12.4. The molecule has 1 saturated carbocycles. The molecule has 154 valence electrons. The zero-order valence-corrected chi connectivity index (χ0v) is 17.5. The third kappa shape index (κ3) is 3.36. The van der Waals surface area contributed by atoms with Crippen molar-refractivity contribution < 1.29 is 19.4 Å². The minimum atomic E-state index is -1.29. The van der Waals surface area contributed by atoms with Crippen molar-refractivity contribution in [1.82, 2.24) is 9.55 Å². The number of carboxylic acids is 1. The summed E-state index contributed by atoms with van der Waals surface area (Å²) in [7, 11) is 0. The molecule has 1 N–H and O–H groups in total. The maximum Gasteiger partial charge on any atom is 0.341 e. The SMILES string of the molecule is Cc1csc(C2Oc3cc(OCC4CC4)c(Cl)cc3-c3cc(=O)c(C(=O)O)cn32)n1. The number of nitrogens with zero attached hydrogens (tertiary/aromatic N) is 2. The summed E-state index contributed by atoms with van der Waals surface area (Å²) >= 11 is 7.84. The summed E-state index contributed by atoms with van der Waals surface area (Å²) in [5.74, 6) is 0.301. The molecule has 0 amide bonds. The summed E-state index contributed by atoms with van der Waals surface area (Å²) in [6.07, 6.45) is 2.91. The van der Waals surface area contributed by atoms with Crippen molar-refractivity contribution in [2.24, 2.45) is 5.92 Å². The van der Waals surface area contributed by atoms with Crippen LogP contribution < -0.4 is 14.9 Å². The van der Waals surface area contributed by atoms with E-state index in [0.29, 0.717) is 45.3 Å². The Morgan fingerprint density at radius 2 is 2.20 bits per heavy atom.